The molecule has 0 N–H and O–H groups in total. The average molecular weight is 724 g/mol. The number of hydrogen-bond acceptors (Lipinski definition) is 8. The number of allylic oxidation sites excluding steroid dienone is 5. The molecule has 11 nitrogen and oxygen atoms in total. The molecule has 53 heavy (non-hydrogen) atoms. The van der Waals surface area contributed by atoms with Crippen LogP contribution in [0.1, 0.15) is 69.9 Å². The van der Waals surface area contributed by atoms with Gasteiger partial charge in [-0.2, -0.15) is 0 Å². The van der Waals surface area contributed by atoms with Crippen molar-refractivity contribution in [3.8, 4) is 0 Å². The molecule has 282 valence electrons. The molecule has 3 saturated heterocycles. The van der Waals surface area contributed by atoms with E-state index >= 15 is 0 Å². The fourth-order valence-corrected chi connectivity index (χ4v) is 8.97. The molecule has 0 bridgehead atoms. The van der Waals surface area contributed by atoms with Crippen molar-refractivity contribution in [3.05, 3.63) is 64.3 Å². The minimum absolute atomic E-state index is 0.0109. The van der Waals surface area contributed by atoms with Crippen LogP contribution in [0, 0.1) is 17.8 Å². The molecule has 1 aromatic rings. The van der Waals surface area contributed by atoms with E-state index in [1.54, 1.807) is 11.6 Å². The number of ketones is 1. The molecule has 0 aromatic heterocycles. The van der Waals surface area contributed by atoms with E-state index in [2.05, 4.69) is 46.2 Å². The molecule has 1 aromatic carbocycles. The summed E-state index contributed by atoms with van der Waals surface area (Å²) < 4.78 is 6.98. The highest BCUT2D eigenvalue weighted by Crippen LogP contribution is 2.34. The van der Waals surface area contributed by atoms with Gasteiger partial charge in [-0.3, -0.25) is 24.1 Å². The van der Waals surface area contributed by atoms with Gasteiger partial charge in [-0.1, -0.05) is 48.0 Å². The molecular weight excluding hydrogens is 668 g/mol. The highest BCUT2D eigenvalue weighted by molar-refractivity contribution is 6.12. The van der Waals surface area contributed by atoms with E-state index in [0.717, 1.165) is 72.6 Å². The van der Waals surface area contributed by atoms with Crippen LogP contribution in [0.2, 0.25) is 0 Å². The normalized spacial score (nSPS) is 23.6. The molecule has 4 aliphatic heterocycles. The Bertz CT molecular complexity index is 1750. The number of likely N-dealkylation sites (tertiary alicyclic amines) is 2. The van der Waals surface area contributed by atoms with Crippen molar-refractivity contribution in [3.63, 3.8) is 0 Å². The lowest BCUT2D eigenvalue weighted by Gasteiger charge is -2.43. The molecule has 0 radical (unpaired) electrons. The summed E-state index contributed by atoms with van der Waals surface area (Å²) >= 11 is 0. The maximum absolute atomic E-state index is 14.4. The Labute approximate surface area is 313 Å². The number of fused-ring (bicyclic) bond motifs is 2. The van der Waals surface area contributed by atoms with E-state index < -0.39 is 5.92 Å². The molecule has 2 amide bonds. The fraction of sp³-hybridized carbons (Fsp3) is 0.571. The number of hydrazone groups is 1. The van der Waals surface area contributed by atoms with Gasteiger partial charge in [0.1, 0.15) is 11.6 Å². The summed E-state index contributed by atoms with van der Waals surface area (Å²) in [6.45, 7) is 10.3. The van der Waals surface area contributed by atoms with E-state index in [1.807, 2.05) is 41.1 Å². The Balaban J connectivity index is 1.02. The van der Waals surface area contributed by atoms with Gasteiger partial charge in [0.15, 0.2) is 12.0 Å². The number of amides is 2. The number of esters is 1. The molecule has 1 unspecified atom stereocenters. The van der Waals surface area contributed by atoms with Crippen molar-refractivity contribution < 1.29 is 28.6 Å². The first-order valence-electron chi connectivity index (χ1n) is 19.7. The standard InChI is InChI=1S/C42H55N6O5/c1-4-40(51)53-28-48-27-35-23-30(21-29(2)41(35)43-48)22-34(42(52)47-19-17-45(18-20-47)36-11-13-44(3)14-12-36)26-39(50)46-15-9-31(10-16-46)37-24-32-7-5-6-8-33(32)25-38(37)49/h5-8,21,23-24,27,31,34-36H,4,9-20,22,25-26,28H2,1-3H3/q+1/t34-,35?/m0/s1. The molecule has 4 heterocycles. The maximum Gasteiger partial charge on any atom is 0.319 e. The second-order valence-electron chi connectivity index (χ2n) is 15.7. The highest BCUT2D eigenvalue weighted by atomic mass is 16.5. The summed E-state index contributed by atoms with van der Waals surface area (Å²) in [4.78, 5) is 62.1. The number of rotatable bonds is 10. The van der Waals surface area contributed by atoms with Crippen LogP contribution in [0.25, 0.3) is 6.08 Å². The zero-order valence-corrected chi connectivity index (χ0v) is 31.7. The quantitative estimate of drug-likeness (QED) is 0.266. The third-order valence-corrected chi connectivity index (χ3v) is 12.1. The van der Waals surface area contributed by atoms with Crippen molar-refractivity contribution in [2.24, 2.45) is 22.9 Å². The van der Waals surface area contributed by atoms with Gasteiger partial charge in [-0.25, -0.2) is 0 Å². The Morgan fingerprint density at radius 3 is 2.42 bits per heavy atom. The highest BCUT2D eigenvalue weighted by Gasteiger charge is 2.37. The summed E-state index contributed by atoms with van der Waals surface area (Å²) in [5.41, 5.74) is 6.03. The van der Waals surface area contributed by atoms with E-state index in [0.29, 0.717) is 51.5 Å². The van der Waals surface area contributed by atoms with Crippen LogP contribution in [0.4, 0.5) is 0 Å². The Hall–Kier alpha value is -4.22. The van der Waals surface area contributed by atoms with Crippen molar-refractivity contribution in [2.75, 3.05) is 66.1 Å². The van der Waals surface area contributed by atoms with Crippen molar-refractivity contribution >= 4 is 41.6 Å². The molecule has 0 saturated carbocycles. The largest absolute Gasteiger partial charge is 0.403 e. The number of hydrogen-bond donors (Lipinski definition) is 0. The van der Waals surface area contributed by atoms with E-state index in [4.69, 9.17) is 4.74 Å². The van der Waals surface area contributed by atoms with Crippen LogP contribution >= 0.6 is 0 Å². The molecular formula is C42H55N6O5+. The lowest BCUT2D eigenvalue weighted by Crippen LogP contribution is -2.55. The molecule has 0 spiro atoms. The SMILES string of the molecule is CCC(=O)OC[N+]1=CC2C=C(C[C@@H](CC(=O)N3CCC(C4=Cc5ccccc5CC4=O)CC3)C(=O)N3CCN(C4CCN(C)CC4)CC3)C=C(C)C2=N1. The molecule has 2 atom stereocenters. The van der Waals surface area contributed by atoms with Crippen LogP contribution < -0.4 is 0 Å². The number of piperidine rings is 2. The maximum atomic E-state index is 14.4. The lowest BCUT2D eigenvalue weighted by molar-refractivity contribution is -0.561. The Morgan fingerprint density at radius 1 is 0.943 bits per heavy atom. The minimum Gasteiger partial charge on any atom is -0.403 e. The number of benzene rings is 1. The summed E-state index contributed by atoms with van der Waals surface area (Å²) in [5, 5.41) is 4.67. The predicted octanol–water partition coefficient (Wildman–Crippen LogP) is 3.93. The van der Waals surface area contributed by atoms with Crippen molar-refractivity contribution in [1.82, 2.24) is 19.6 Å². The van der Waals surface area contributed by atoms with Gasteiger partial charge in [0.05, 0.1) is 5.92 Å². The summed E-state index contributed by atoms with van der Waals surface area (Å²) in [7, 11) is 2.18. The summed E-state index contributed by atoms with van der Waals surface area (Å²) in [6, 6.07) is 8.66. The van der Waals surface area contributed by atoms with Gasteiger partial charge in [0.25, 0.3) is 0 Å². The first kappa shape index (κ1) is 37.1. The number of nitrogens with zero attached hydrogens (tertiary/aromatic N) is 6. The van der Waals surface area contributed by atoms with Gasteiger partial charge in [-0.15, -0.1) is 0 Å². The Kier molecular flexibility index (Phi) is 11.5. The van der Waals surface area contributed by atoms with Crippen molar-refractivity contribution in [2.45, 2.75) is 71.3 Å². The lowest BCUT2D eigenvalue weighted by atomic mass is 9.80. The van der Waals surface area contributed by atoms with Gasteiger partial charge < -0.3 is 19.4 Å². The van der Waals surface area contributed by atoms with Crippen LogP contribution in [-0.4, -0.2) is 132 Å². The molecule has 6 aliphatic rings. The third kappa shape index (κ3) is 8.62. The van der Waals surface area contributed by atoms with Crippen LogP contribution in [-0.2, 0) is 30.3 Å². The molecule has 2 aliphatic carbocycles. The van der Waals surface area contributed by atoms with Gasteiger partial charge in [-0.05, 0) is 104 Å². The number of carbonyl (C=O) groups excluding carboxylic acids is 4. The summed E-state index contributed by atoms with van der Waals surface area (Å²) in [5.74, 6) is -0.433. The van der Waals surface area contributed by atoms with Gasteiger partial charge >= 0.3 is 12.7 Å². The van der Waals surface area contributed by atoms with Crippen LogP contribution in [0.15, 0.2) is 58.2 Å². The molecule has 3 fully saturated rings. The first-order chi connectivity index (χ1) is 25.6. The molecule has 11 heteroatoms. The van der Waals surface area contributed by atoms with Crippen LogP contribution in [0.5, 0.6) is 0 Å². The number of piperazine rings is 1. The monoisotopic (exact) mass is 723 g/mol. The molecule has 7 rings (SSSR count). The zero-order chi connectivity index (χ0) is 37.1. The second-order valence-corrected chi connectivity index (χ2v) is 15.7. The number of carbonyl (C=O) groups is 4. The smallest absolute Gasteiger partial charge is 0.319 e. The third-order valence-electron chi connectivity index (χ3n) is 12.1. The zero-order valence-electron chi connectivity index (χ0n) is 31.7. The number of Topliss-reactive ketones (excluding diaryl/α,β-unsaturated/α-hetero) is 1. The van der Waals surface area contributed by atoms with Gasteiger partial charge in [0.2, 0.25) is 11.8 Å². The minimum atomic E-state index is -0.481. The Morgan fingerprint density at radius 2 is 1.68 bits per heavy atom. The topological polar surface area (TPSA) is 106 Å². The number of ether oxygens (including phenoxy) is 1. The summed E-state index contributed by atoms with van der Waals surface area (Å²) in [6.07, 6.45) is 13.4. The van der Waals surface area contributed by atoms with Gasteiger partial charge in [0, 0.05) is 64.6 Å². The fourth-order valence-electron chi connectivity index (χ4n) is 8.97. The van der Waals surface area contributed by atoms with Crippen LogP contribution in [0.3, 0.4) is 0 Å². The van der Waals surface area contributed by atoms with E-state index in [9.17, 15) is 19.2 Å². The van der Waals surface area contributed by atoms with Crippen molar-refractivity contribution in [1.29, 1.82) is 0 Å². The second kappa shape index (κ2) is 16.4. The predicted molar refractivity (Wildman–Crippen MR) is 204 cm³/mol. The van der Waals surface area contributed by atoms with E-state index in [-0.39, 0.29) is 48.6 Å². The average Bonchev–Trinajstić information content (AvgIpc) is 3.60. The first-order valence-corrected chi connectivity index (χ1v) is 19.7. The van der Waals surface area contributed by atoms with E-state index in [1.165, 1.54) is 12.8 Å².